The topological polar surface area (TPSA) is 84.7 Å². The number of carbonyl (C=O) groups excluding carboxylic acids is 2. The van der Waals surface area contributed by atoms with Crippen molar-refractivity contribution in [3.63, 3.8) is 0 Å². The Bertz CT molecular complexity index is 332. The van der Waals surface area contributed by atoms with Gasteiger partial charge in [-0.3, -0.25) is 9.59 Å². The summed E-state index contributed by atoms with van der Waals surface area (Å²) in [6.07, 6.45) is 2.05. The van der Waals surface area contributed by atoms with Crippen molar-refractivity contribution in [3.8, 4) is 0 Å². The second kappa shape index (κ2) is 8.21. The summed E-state index contributed by atoms with van der Waals surface area (Å²) < 4.78 is 5.56. The first kappa shape index (κ1) is 16.9. The van der Waals surface area contributed by atoms with Gasteiger partial charge in [-0.25, -0.2) is 0 Å². The molecule has 1 unspecified atom stereocenters. The Morgan fingerprint density at radius 3 is 2.75 bits per heavy atom. The number of carbonyl (C=O) groups is 2. The zero-order valence-corrected chi connectivity index (χ0v) is 12.7. The van der Waals surface area contributed by atoms with E-state index in [9.17, 15) is 9.59 Å². The third-order valence-electron chi connectivity index (χ3n) is 3.57. The van der Waals surface area contributed by atoms with Gasteiger partial charge in [-0.05, 0) is 25.7 Å². The van der Waals surface area contributed by atoms with Gasteiger partial charge in [0, 0.05) is 19.7 Å². The number of piperidine rings is 1. The zero-order valence-electron chi connectivity index (χ0n) is 12.7. The summed E-state index contributed by atoms with van der Waals surface area (Å²) in [7, 11) is 0. The van der Waals surface area contributed by atoms with Crippen LogP contribution in [0.2, 0.25) is 0 Å². The van der Waals surface area contributed by atoms with Crippen LogP contribution < -0.4 is 11.1 Å². The normalized spacial score (nSPS) is 20.9. The maximum atomic E-state index is 12.1. The Kier molecular flexibility index (Phi) is 6.95. The molecule has 0 aromatic heterocycles. The largest absolute Gasteiger partial charge is 0.377 e. The zero-order chi connectivity index (χ0) is 15.1. The second-order valence-corrected chi connectivity index (χ2v) is 5.55. The van der Waals surface area contributed by atoms with Crippen molar-refractivity contribution in [2.45, 2.75) is 45.8 Å². The number of likely N-dealkylation sites (tertiary alicyclic amines) is 1. The molecule has 0 saturated carbocycles. The molecule has 0 aromatic carbocycles. The number of ether oxygens (including phenoxy) is 1. The van der Waals surface area contributed by atoms with Crippen LogP contribution in [0.15, 0.2) is 0 Å². The summed E-state index contributed by atoms with van der Waals surface area (Å²) in [6.45, 7) is 7.72. The molecule has 6 heteroatoms. The van der Waals surface area contributed by atoms with E-state index < -0.39 is 6.04 Å². The molecule has 1 saturated heterocycles. The molecular formula is C14H27N3O3. The van der Waals surface area contributed by atoms with Crippen molar-refractivity contribution >= 4 is 11.8 Å². The lowest BCUT2D eigenvalue weighted by Crippen LogP contribution is -2.50. The molecule has 0 aromatic rings. The monoisotopic (exact) mass is 285 g/mol. The van der Waals surface area contributed by atoms with E-state index >= 15 is 0 Å². The average molecular weight is 285 g/mol. The van der Waals surface area contributed by atoms with Gasteiger partial charge >= 0.3 is 0 Å². The van der Waals surface area contributed by atoms with Crippen molar-refractivity contribution in [2.75, 3.05) is 26.2 Å². The lowest BCUT2D eigenvalue weighted by atomic mass is 10.1. The molecule has 1 aliphatic heterocycles. The molecule has 116 valence electrons. The third-order valence-corrected chi connectivity index (χ3v) is 3.57. The Morgan fingerprint density at radius 1 is 1.45 bits per heavy atom. The summed E-state index contributed by atoms with van der Waals surface area (Å²) >= 11 is 0. The third kappa shape index (κ3) is 5.09. The highest BCUT2D eigenvalue weighted by molar-refractivity contribution is 5.87. The van der Waals surface area contributed by atoms with Crippen LogP contribution in [0, 0.1) is 5.92 Å². The molecule has 6 nitrogen and oxygen atoms in total. The fourth-order valence-electron chi connectivity index (χ4n) is 2.23. The van der Waals surface area contributed by atoms with Gasteiger partial charge in [0.05, 0.1) is 18.7 Å². The van der Waals surface area contributed by atoms with E-state index in [1.807, 2.05) is 20.8 Å². The van der Waals surface area contributed by atoms with Crippen LogP contribution in [0.3, 0.4) is 0 Å². The van der Waals surface area contributed by atoms with E-state index in [0.29, 0.717) is 13.2 Å². The molecule has 20 heavy (non-hydrogen) atoms. The number of hydrogen-bond acceptors (Lipinski definition) is 4. The maximum Gasteiger partial charge on any atom is 0.242 e. The molecule has 2 amide bonds. The predicted molar refractivity (Wildman–Crippen MR) is 77.1 cm³/mol. The van der Waals surface area contributed by atoms with Crippen molar-refractivity contribution in [1.82, 2.24) is 10.2 Å². The van der Waals surface area contributed by atoms with Gasteiger partial charge < -0.3 is 20.7 Å². The van der Waals surface area contributed by atoms with Crippen molar-refractivity contribution in [1.29, 1.82) is 0 Å². The number of nitrogens with zero attached hydrogens (tertiary/aromatic N) is 1. The Balaban J connectivity index is 2.37. The fraction of sp³-hybridized carbons (Fsp3) is 0.857. The highest BCUT2D eigenvalue weighted by Gasteiger charge is 2.24. The van der Waals surface area contributed by atoms with E-state index in [4.69, 9.17) is 10.5 Å². The molecular weight excluding hydrogens is 258 g/mol. The van der Waals surface area contributed by atoms with Crippen LogP contribution in [-0.2, 0) is 14.3 Å². The van der Waals surface area contributed by atoms with Gasteiger partial charge in [0.2, 0.25) is 11.8 Å². The van der Waals surface area contributed by atoms with Gasteiger partial charge in [-0.15, -0.1) is 0 Å². The molecule has 3 N–H and O–H groups in total. The molecule has 0 bridgehead atoms. The van der Waals surface area contributed by atoms with E-state index in [1.54, 1.807) is 4.90 Å². The van der Waals surface area contributed by atoms with Crippen LogP contribution in [0.25, 0.3) is 0 Å². The maximum absolute atomic E-state index is 12.1. The van der Waals surface area contributed by atoms with Gasteiger partial charge in [0.15, 0.2) is 0 Å². The van der Waals surface area contributed by atoms with Crippen LogP contribution in [0.5, 0.6) is 0 Å². The minimum atomic E-state index is -0.569. The van der Waals surface area contributed by atoms with Crippen molar-refractivity contribution in [3.05, 3.63) is 0 Å². The van der Waals surface area contributed by atoms with E-state index in [0.717, 1.165) is 19.4 Å². The Labute approximate surface area is 121 Å². The lowest BCUT2D eigenvalue weighted by molar-refractivity contribution is -0.136. The Morgan fingerprint density at radius 2 is 2.15 bits per heavy atom. The number of amides is 2. The van der Waals surface area contributed by atoms with E-state index in [-0.39, 0.29) is 30.4 Å². The highest BCUT2D eigenvalue weighted by atomic mass is 16.5. The molecule has 1 fully saturated rings. The lowest BCUT2D eigenvalue weighted by Gasteiger charge is -2.32. The van der Waals surface area contributed by atoms with E-state index in [1.165, 1.54) is 0 Å². The number of nitrogens with one attached hydrogen (secondary N) is 1. The standard InChI is InChI=1S/C14H27N3O3/c1-4-20-11-6-5-7-17(9-11)12(18)8-16-14(19)13(15)10(2)3/h10-11,13H,4-9,15H2,1-3H3,(H,16,19)/t11?,13-/m0/s1. The van der Waals surface area contributed by atoms with Crippen LogP contribution >= 0.6 is 0 Å². The predicted octanol–water partition coefficient (Wildman–Crippen LogP) is 0.113. The number of nitrogens with two attached hydrogens (primary N) is 1. The fourth-order valence-corrected chi connectivity index (χ4v) is 2.23. The second-order valence-electron chi connectivity index (χ2n) is 5.55. The minimum absolute atomic E-state index is 0.0120. The SMILES string of the molecule is CCOC1CCCN(C(=O)CNC(=O)[C@@H](N)C(C)C)C1. The highest BCUT2D eigenvalue weighted by Crippen LogP contribution is 2.13. The number of hydrogen-bond donors (Lipinski definition) is 2. The van der Waals surface area contributed by atoms with Crippen molar-refractivity contribution in [2.24, 2.45) is 11.7 Å². The summed E-state index contributed by atoms with van der Waals surface area (Å²) in [5.74, 6) is -0.284. The molecule has 0 aliphatic carbocycles. The minimum Gasteiger partial charge on any atom is -0.377 e. The summed E-state index contributed by atoms with van der Waals surface area (Å²) in [5, 5.41) is 2.61. The van der Waals surface area contributed by atoms with Gasteiger partial charge in [-0.2, -0.15) is 0 Å². The first-order valence-corrected chi connectivity index (χ1v) is 7.38. The smallest absolute Gasteiger partial charge is 0.242 e. The summed E-state index contributed by atoms with van der Waals surface area (Å²) in [6, 6.07) is -0.569. The molecule has 1 rings (SSSR count). The molecule has 1 heterocycles. The van der Waals surface area contributed by atoms with Crippen LogP contribution in [0.4, 0.5) is 0 Å². The molecule has 0 spiro atoms. The number of rotatable bonds is 6. The Hall–Kier alpha value is -1.14. The van der Waals surface area contributed by atoms with Gasteiger partial charge in [0.1, 0.15) is 0 Å². The van der Waals surface area contributed by atoms with Gasteiger partial charge in [-0.1, -0.05) is 13.8 Å². The van der Waals surface area contributed by atoms with Crippen LogP contribution in [0.1, 0.15) is 33.6 Å². The van der Waals surface area contributed by atoms with Crippen LogP contribution in [-0.4, -0.2) is 55.1 Å². The van der Waals surface area contributed by atoms with Gasteiger partial charge in [0.25, 0.3) is 0 Å². The summed E-state index contributed by atoms with van der Waals surface area (Å²) in [4.78, 5) is 25.5. The van der Waals surface area contributed by atoms with E-state index in [2.05, 4.69) is 5.32 Å². The molecule has 0 radical (unpaired) electrons. The molecule has 1 aliphatic rings. The summed E-state index contributed by atoms with van der Waals surface area (Å²) in [5.41, 5.74) is 5.73. The first-order valence-electron chi connectivity index (χ1n) is 7.38. The average Bonchev–Trinajstić information content (AvgIpc) is 2.44. The quantitative estimate of drug-likeness (QED) is 0.725. The van der Waals surface area contributed by atoms with Crippen molar-refractivity contribution < 1.29 is 14.3 Å². The first-order chi connectivity index (χ1) is 9.45. The molecule has 2 atom stereocenters.